The molecule has 5 heteroatoms. The van der Waals surface area contributed by atoms with Gasteiger partial charge in [0, 0.05) is 3.57 Å². The Labute approximate surface area is 107 Å². The Balaban J connectivity index is 2.60. The van der Waals surface area contributed by atoms with Crippen LogP contribution in [0.4, 0.5) is 5.69 Å². The number of benzene rings is 1. The molecule has 1 atom stereocenters. The number of halogens is 1. The number of carbonyl (C=O) groups is 2. The Kier molecular flexibility index (Phi) is 2.88. The molecular formula is C11H11IN2O2. The number of fused-ring (bicyclic) bond motifs is 1. The minimum absolute atomic E-state index is 0.185. The van der Waals surface area contributed by atoms with E-state index in [0.717, 1.165) is 9.13 Å². The van der Waals surface area contributed by atoms with Gasteiger partial charge in [0.05, 0.1) is 11.3 Å². The van der Waals surface area contributed by atoms with Crippen molar-refractivity contribution in [2.24, 2.45) is 0 Å². The third-order valence-electron chi connectivity index (χ3n) is 2.57. The molecule has 0 saturated heterocycles. The van der Waals surface area contributed by atoms with Gasteiger partial charge in [0.1, 0.15) is 6.04 Å². The summed E-state index contributed by atoms with van der Waals surface area (Å²) in [5, 5.41) is 5.42. The van der Waals surface area contributed by atoms with Gasteiger partial charge < -0.3 is 10.6 Å². The molecule has 1 heterocycles. The van der Waals surface area contributed by atoms with Gasteiger partial charge in [-0.2, -0.15) is 0 Å². The first-order valence-corrected chi connectivity index (χ1v) is 5.99. The zero-order valence-corrected chi connectivity index (χ0v) is 11.1. The first-order valence-electron chi connectivity index (χ1n) is 4.91. The first kappa shape index (κ1) is 11.4. The third kappa shape index (κ3) is 1.79. The predicted molar refractivity (Wildman–Crippen MR) is 69.5 cm³/mol. The summed E-state index contributed by atoms with van der Waals surface area (Å²) in [7, 11) is 0. The number of carbonyl (C=O) groups excluding carboxylic acids is 2. The number of aryl methyl sites for hydroxylation is 1. The van der Waals surface area contributed by atoms with Gasteiger partial charge in [-0.3, -0.25) is 9.59 Å². The van der Waals surface area contributed by atoms with Crippen molar-refractivity contribution in [3.63, 3.8) is 0 Å². The van der Waals surface area contributed by atoms with E-state index in [2.05, 4.69) is 33.2 Å². The van der Waals surface area contributed by atoms with Crippen molar-refractivity contribution in [3.8, 4) is 0 Å². The SMILES string of the molecule is Cc1ccc2c(c1I)NC(=O)C(C)NC2=O. The van der Waals surface area contributed by atoms with Gasteiger partial charge in [-0.25, -0.2) is 0 Å². The van der Waals surface area contributed by atoms with E-state index in [1.54, 1.807) is 13.0 Å². The Morgan fingerprint density at radius 2 is 2.00 bits per heavy atom. The lowest BCUT2D eigenvalue weighted by atomic mass is 10.1. The van der Waals surface area contributed by atoms with Crippen molar-refractivity contribution in [2.75, 3.05) is 5.32 Å². The molecule has 0 saturated carbocycles. The van der Waals surface area contributed by atoms with Crippen LogP contribution in [0.1, 0.15) is 22.8 Å². The zero-order valence-electron chi connectivity index (χ0n) is 8.93. The first-order chi connectivity index (χ1) is 7.50. The molecule has 84 valence electrons. The van der Waals surface area contributed by atoms with Gasteiger partial charge in [-0.05, 0) is 48.1 Å². The molecule has 0 radical (unpaired) electrons. The fraction of sp³-hybridized carbons (Fsp3) is 0.273. The number of hydrogen-bond acceptors (Lipinski definition) is 2. The second kappa shape index (κ2) is 4.04. The fourth-order valence-electron chi connectivity index (χ4n) is 1.56. The van der Waals surface area contributed by atoms with Crippen LogP contribution in [-0.4, -0.2) is 17.9 Å². The Morgan fingerprint density at radius 3 is 2.69 bits per heavy atom. The van der Waals surface area contributed by atoms with Gasteiger partial charge >= 0.3 is 0 Å². The average molecular weight is 330 g/mol. The molecule has 16 heavy (non-hydrogen) atoms. The number of anilines is 1. The minimum atomic E-state index is -0.504. The van der Waals surface area contributed by atoms with E-state index < -0.39 is 6.04 Å². The van der Waals surface area contributed by atoms with Crippen LogP contribution in [0.5, 0.6) is 0 Å². The van der Waals surface area contributed by atoms with Crippen LogP contribution in [0.2, 0.25) is 0 Å². The molecule has 0 spiro atoms. The molecule has 4 nitrogen and oxygen atoms in total. The van der Waals surface area contributed by atoms with Crippen molar-refractivity contribution in [3.05, 3.63) is 26.8 Å². The monoisotopic (exact) mass is 330 g/mol. The Hall–Kier alpha value is -1.11. The van der Waals surface area contributed by atoms with Crippen molar-refractivity contribution in [1.82, 2.24) is 5.32 Å². The predicted octanol–water partition coefficient (Wildman–Crippen LogP) is 1.67. The maximum atomic E-state index is 11.8. The lowest BCUT2D eigenvalue weighted by Crippen LogP contribution is -2.38. The molecule has 2 rings (SSSR count). The van der Waals surface area contributed by atoms with Crippen molar-refractivity contribution in [2.45, 2.75) is 19.9 Å². The van der Waals surface area contributed by atoms with E-state index in [0.29, 0.717) is 11.3 Å². The van der Waals surface area contributed by atoms with Crippen LogP contribution in [0.3, 0.4) is 0 Å². The van der Waals surface area contributed by atoms with E-state index in [-0.39, 0.29) is 11.8 Å². The number of hydrogen-bond donors (Lipinski definition) is 2. The van der Waals surface area contributed by atoms with Gasteiger partial charge in [0.2, 0.25) is 5.91 Å². The van der Waals surface area contributed by atoms with Crippen LogP contribution in [0.25, 0.3) is 0 Å². The lowest BCUT2D eigenvalue weighted by Gasteiger charge is -2.09. The highest BCUT2D eigenvalue weighted by atomic mass is 127. The Bertz CT molecular complexity index is 485. The van der Waals surface area contributed by atoms with E-state index in [1.165, 1.54) is 0 Å². The summed E-state index contributed by atoms with van der Waals surface area (Å²) in [5.74, 6) is -0.394. The highest BCUT2D eigenvalue weighted by Gasteiger charge is 2.26. The highest BCUT2D eigenvalue weighted by Crippen LogP contribution is 2.27. The molecule has 1 aliphatic heterocycles. The van der Waals surface area contributed by atoms with Gasteiger partial charge in [-0.1, -0.05) is 6.07 Å². The summed E-state index contributed by atoms with van der Waals surface area (Å²) in [5.41, 5.74) is 2.18. The van der Waals surface area contributed by atoms with Crippen molar-refractivity contribution < 1.29 is 9.59 Å². The van der Waals surface area contributed by atoms with Crippen molar-refractivity contribution >= 4 is 40.1 Å². The molecular weight excluding hydrogens is 319 g/mol. The van der Waals surface area contributed by atoms with Crippen LogP contribution in [-0.2, 0) is 4.79 Å². The quantitative estimate of drug-likeness (QED) is 0.711. The second-order valence-electron chi connectivity index (χ2n) is 3.80. The summed E-state index contributed by atoms with van der Waals surface area (Å²) in [6, 6.07) is 3.11. The molecule has 2 amide bonds. The summed E-state index contributed by atoms with van der Waals surface area (Å²) in [4.78, 5) is 23.5. The summed E-state index contributed by atoms with van der Waals surface area (Å²) >= 11 is 2.14. The maximum absolute atomic E-state index is 11.8. The molecule has 0 aliphatic carbocycles. The van der Waals surface area contributed by atoms with Crippen LogP contribution >= 0.6 is 22.6 Å². The summed E-state index contributed by atoms with van der Waals surface area (Å²) < 4.78 is 0.910. The number of amides is 2. The maximum Gasteiger partial charge on any atom is 0.254 e. The van der Waals surface area contributed by atoms with Crippen molar-refractivity contribution in [1.29, 1.82) is 0 Å². The van der Waals surface area contributed by atoms with Crippen LogP contribution < -0.4 is 10.6 Å². The normalized spacial score (nSPS) is 19.6. The summed E-state index contributed by atoms with van der Waals surface area (Å²) in [6.45, 7) is 3.61. The molecule has 1 aromatic carbocycles. The smallest absolute Gasteiger partial charge is 0.254 e. The minimum Gasteiger partial charge on any atom is -0.340 e. The average Bonchev–Trinajstić information content (AvgIpc) is 2.33. The van der Waals surface area contributed by atoms with Gasteiger partial charge in [0.15, 0.2) is 0 Å². The number of rotatable bonds is 0. The molecule has 2 N–H and O–H groups in total. The number of nitrogens with one attached hydrogen (secondary N) is 2. The third-order valence-corrected chi connectivity index (χ3v) is 3.96. The topological polar surface area (TPSA) is 58.2 Å². The van der Waals surface area contributed by atoms with Gasteiger partial charge in [-0.15, -0.1) is 0 Å². The van der Waals surface area contributed by atoms with E-state index in [9.17, 15) is 9.59 Å². The molecule has 0 fully saturated rings. The highest BCUT2D eigenvalue weighted by molar-refractivity contribution is 14.1. The molecule has 1 unspecified atom stereocenters. The Morgan fingerprint density at radius 1 is 1.31 bits per heavy atom. The molecule has 1 aliphatic rings. The van der Waals surface area contributed by atoms with Crippen LogP contribution in [0.15, 0.2) is 12.1 Å². The zero-order chi connectivity index (χ0) is 11.9. The van der Waals surface area contributed by atoms with Crippen LogP contribution in [0, 0.1) is 10.5 Å². The largest absolute Gasteiger partial charge is 0.340 e. The lowest BCUT2D eigenvalue weighted by molar-refractivity contribution is -0.117. The van der Waals surface area contributed by atoms with Gasteiger partial charge in [0.25, 0.3) is 5.91 Å². The van der Waals surface area contributed by atoms with E-state index in [4.69, 9.17) is 0 Å². The second-order valence-corrected chi connectivity index (χ2v) is 4.88. The van der Waals surface area contributed by atoms with E-state index in [1.807, 2.05) is 13.0 Å². The summed E-state index contributed by atoms with van der Waals surface area (Å²) in [6.07, 6.45) is 0. The van der Waals surface area contributed by atoms with E-state index >= 15 is 0 Å². The molecule has 1 aromatic rings. The fourth-order valence-corrected chi connectivity index (χ4v) is 2.17. The molecule has 0 bridgehead atoms. The molecule has 0 aromatic heterocycles. The standard InChI is InChI=1S/C11H11IN2O2/c1-5-3-4-7-9(8(5)12)14-10(15)6(2)13-11(7)16/h3-4,6H,1-2H3,(H,13,16)(H,14,15).